The number of nitrogens with one attached hydrogen (secondary N) is 2. The van der Waals surface area contributed by atoms with Gasteiger partial charge in [0.05, 0.1) is 6.04 Å². The first kappa shape index (κ1) is 9.07. The first-order chi connectivity index (χ1) is 7.25. The highest BCUT2D eigenvalue weighted by Crippen LogP contribution is 2.46. The van der Waals surface area contributed by atoms with Gasteiger partial charge in [-0.25, -0.2) is 4.79 Å². The molecule has 0 bridgehead atoms. The smallest absolute Gasteiger partial charge is 0.322 e. The standard InChI is InChI=1S/C11H16N2O2/c14-10-9-7-4-2-1-3-6(7)5-8(9)12-11(15)13-10/h6-8,14H,1-5H2,(H2,12,13,15). The van der Waals surface area contributed by atoms with E-state index in [1.165, 1.54) is 19.3 Å². The summed E-state index contributed by atoms with van der Waals surface area (Å²) < 4.78 is 0. The summed E-state index contributed by atoms with van der Waals surface area (Å²) in [4.78, 5) is 11.2. The van der Waals surface area contributed by atoms with E-state index in [0.717, 1.165) is 18.4 Å². The molecule has 0 radical (unpaired) electrons. The molecule has 3 N–H and O–H groups in total. The van der Waals surface area contributed by atoms with E-state index in [4.69, 9.17) is 0 Å². The van der Waals surface area contributed by atoms with E-state index in [-0.39, 0.29) is 18.0 Å². The van der Waals surface area contributed by atoms with Crippen LogP contribution in [-0.4, -0.2) is 17.2 Å². The minimum absolute atomic E-state index is 0.0897. The van der Waals surface area contributed by atoms with Crippen LogP contribution in [0.3, 0.4) is 0 Å². The molecular formula is C11H16N2O2. The summed E-state index contributed by atoms with van der Waals surface area (Å²) in [6.07, 6.45) is 5.96. The number of rotatable bonds is 0. The Morgan fingerprint density at radius 1 is 1.27 bits per heavy atom. The Bertz CT molecular complexity index is 337. The third-order valence-electron chi connectivity index (χ3n) is 4.03. The fourth-order valence-electron chi connectivity index (χ4n) is 3.44. The van der Waals surface area contributed by atoms with Gasteiger partial charge in [0.1, 0.15) is 0 Å². The second kappa shape index (κ2) is 3.15. The van der Waals surface area contributed by atoms with Crippen LogP contribution < -0.4 is 10.6 Å². The fourth-order valence-corrected chi connectivity index (χ4v) is 3.44. The van der Waals surface area contributed by atoms with Gasteiger partial charge in [0.2, 0.25) is 0 Å². The number of hydrogen-bond donors (Lipinski definition) is 3. The fraction of sp³-hybridized carbons (Fsp3) is 0.727. The van der Waals surface area contributed by atoms with Crippen molar-refractivity contribution < 1.29 is 9.90 Å². The number of carbonyl (C=O) groups is 1. The Morgan fingerprint density at radius 2 is 2.07 bits per heavy atom. The molecule has 1 aliphatic heterocycles. The number of hydrogen-bond acceptors (Lipinski definition) is 2. The quantitative estimate of drug-likeness (QED) is 0.567. The van der Waals surface area contributed by atoms with Gasteiger partial charge in [-0.2, -0.15) is 0 Å². The molecule has 2 amide bonds. The molecule has 3 rings (SSSR count). The summed E-state index contributed by atoms with van der Waals surface area (Å²) in [6, 6.07) is -0.174. The van der Waals surface area contributed by atoms with Crippen LogP contribution in [0.1, 0.15) is 32.1 Å². The Kier molecular flexibility index (Phi) is 1.90. The van der Waals surface area contributed by atoms with Crippen LogP contribution >= 0.6 is 0 Å². The number of amides is 2. The van der Waals surface area contributed by atoms with Crippen molar-refractivity contribution in [3.8, 4) is 0 Å². The third-order valence-corrected chi connectivity index (χ3v) is 4.03. The van der Waals surface area contributed by atoms with Crippen molar-refractivity contribution in [3.05, 3.63) is 11.5 Å². The van der Waals surface area contributed by atoms with Crippen LogP contribution in [0.4, 0.5) is 4.79 Å². The molecule has 3 aliphatic rings. The number of aliphatic hydroxyl groups is 1. The van der Waals surface area contributed by atoms with E-state index in [2.05, 4.69) is 10.6 Å². The van der Waals surface area contributed by atoms with Gasteiger partial charge < -0.3 is 10.4 Å². The lowest BCUT2D eigenvalue weighted by Gasteiger charge is -2.27. The second-order valence-electron chi connectivity index (χ2n) is 4.84. The lowest BCUT2D eigenvalue weighted by Crippen LogP contribution is -2.47. The molecular weight excluding hydrogens is 192 g/mol. The third kappa shape index (κ3) is 1.31. The molecule has 0 saturated heterocycles. The summed E-state index contributed by atoms with van der Waals surface area (Å²) in [7, 11) is 0. The first-order valence-corrected chi connectivity index (χ1v) is 5.76. The zero-order valence-electron chi connectivity index (χ0n) is 8.62. The average molecular weight is 208 g/mol. The number of urea groups is 1. The monoisotopic (exact) mass is 208 g/mol. The van der Waals surface area contributed by atoms with Gasteiger partial charge in [-0.05, 0) is 31.1 Å². The van der Waals surface area contributed by atoms with Gasteiger partial charge in [-0.1, -0.05) is 12.8 Å². The Balaban J connectivity index is 1.94. The van der Waals surface area contributed by atoms with Gasteiger partial charge in [0, 0.05) is 5.57 Å². The van der Waals surface area contributed by atoms with Crippen molar-refractivity contribution in [1.29, 1.82) is 0 Å². The number of aliphatic hydroxyl groups excluding tert-OH is 1. The average Bonchev–Trinajstić information content (AvgIpc) is 2.54. The van der Waals surface area contributed by atoms with Crippen LogP contribution in [-0.2, 0) is 0 Å². The van der Waals surface area contributed by atoms with Crippen molar-refractivity contribution in [3.63, 3.8) is 0 Å². The Hall–Kier alpha value is -1.19. The highest BCUT2D eigenvalue weighted by Gasteiger charge is 2.44. The van der Waals surface area contributed by atoms with Crippen molar-refractivity contribution >= 4 is 6.03 Å². The Morgan fingerprint density at radius 3 is 2.93 bits per heavy atom. The molecule has 82 valence electrons. The van der Waals surface area contributed by atoms with Gasteiger partial charge in [0.25, 0.3) is 0 Å². The molecule has 0 spiro atoms. The van der Waals surface area contributed by atoms with E-state index < -0.39 is 0 Å². The van der Waals surface area contributed by atoms with Crippen LogP contribution in [0, 0.1) is 11.8 Å². The van der Waals surface area contributed by atoms with Gasteiger partial charge in [-0.3, -0.25) is 5.32 Å². The van der Waals surface area contributed by atoms with Crippen LogP contribution in [0.2, 0.25) is 0 Å². The van der Waals surface area contributed by atoms with Crippen molar-refractivity contribution in [2.45, 2.75) is 38.1 Å². The van der Waals surface area contributed by atoms with E-state index >= 15 is 0 Å². The maximum atomic E-state index is 11.2. The van der Waals surface area contributed by atoms with E-state index in [1.54, 1.807) is 0 Å². The lowest BCUT2D eigenvalue weighted by atomic mass is 9.80. The summed E-state index contributed by atoms with van der Waals surface area (Å²) in [6.45, 7) is 0. The largest absolute Gasteiger partial charge is 0.494 e. The molecule has 1 heterocycles. The molecule has 2 saturated carbocycles. The summed E-state index contributed by atoms with van der Waals surface area (Å²) >= 11 is 0. The zero-order chi connectivity index (χ0) is 10.4. The lowest BCUT2D eigenvalue weighted by molar-refractivity contribution is 0.227. The summed E-state index contributed by atoms with van der Waals surface area (Å²) in [5.41, 5.74) is 1.05. The molecule has 2 fully saturated rings. The van der Waals surface area contributed by atoms with Crippen molar-refractivity contribution in [1.82, 2.24) is 10.6 Å². The normalized spacial score (nSPS) is 39.2. The minimum atomic E-state index is -0.264. The molecule has 15 heavy (non-hydrogen) atoms. The number of fused-ring (bicyclic) bond motifs is 3. The van der Waals surface area contributed by atoms with Crippen molar-refractivity contribution in [2.24, 2.45) is 11.8 Å². The van der Waals surface area contributed by atoms with Crippen molar-refractivity contribution in [2.75, 3.05) is 0 Å². The maximum Gasteiger partial charge on any atom is 0.322 e. The highest BCUT2D eigenvalue weighted by atomic mass is 16.3. The van der Waals surface area contributed by atoms with Crippen LogP contribution in [0.15, 0.2) is 11.5 Å². The van der Waals surface area contributed by atoms with Crippen LogP contribution in [0.25, 0.3) is 0 Å². The number of carbonyl (C=O) groups excluding carboxylic acids is 1. The minimum Gasteiger partial charge on any atom is -0.494 e. The molecule has 3 unspecified atom stereocenters. The van der Waals surface area contributed by atoms with Gasteiger partial charge >= 0.3 is 6.03 Å². The predicted molar refractivity (Wildman–Crippen MR) is 55.2 cm³/mol. The summed E-state index contributed by atoms with van der Waals surface area (Å²) in [5, 5.41) is 15.2. The molecule has 0 aromatic rings. The molecule has 0 aromatic heterocycles. The molecule has 4 heteroatoms. The predicted octanol–water partition coefficient (Wildman–Crippen LogP) is 1.65. The molecule has 0 aromatic carbocycles. The molecule has 4 nitrogen and oxygen atoms in total. The van der Waals surface area contributed by atoms with E-state index in [0.29, 0.717) is 11.8 Å². The maximum absolute atomic E-state index is 11.2. The highest BCUT2D eigenvalue weighted by molar-refractivity contribution is 5.78. The molecule has 2 aliphatic carbocycles. The SMILES string of the molecule is O=C1NC(O)=C2C(CC3CCCCC23)N1. The van der Waals surface area contributed by atoms with Crippen LogP contribution in [0.5, 0.6) is 0 Å². The Labute approximate surface area is 88.7 Å². The second-order valence-corrected chi connectivity index (χ2v) is 4.84. The molecule has 3 atom stereocenters. The first-order valence-electron chi connectivity index (χ1n) is 5.76. The van der Waals surface area contributed by atoms with E-state index in [9.17, 15) is 9.90 Å². The van der Waals surface area contributed by atoms with E-state index in [1.807, 2.05) is 0 Å². The summed E-state index contributed by atoms with van der Waals surface area (Å²) in [5.74, 6) is 1.29. The van der Waals surface area contributed by atoms with Gasteiger partial charge in [-0.15, -0.1) is 0 Å². The van der Waals surface area contributed by atoms with Gasteiger partial charge in [0.15, 0.2) is 5.88 Å². The topological polar surface area (TPSA) is 61.4 Å². The zero-order valence-corrected chi connectivity index (χ0v) is 8.62.